The van der Waals surface area contributed by atoms with Crippen LogP contribution >= 0.6 is 0 Å². The monoisotopic (exact) mass is 456 g/mol. The van der Waals surface area contributed by atoms with Gasteiger partial charge in [0.25, 0.3) is 11.7 Å². The average molecular weight is 456 g/mol. The van der Waals surface area contributed by atoms with Crippen LogP contribution in [0.5, 0.6) is 5.75 Å². The molecule has 1 aliphatic rings. The number of phenols is 1. The van der Waals surface area contributed by atoms with Crippen LogP contribution in [0.3, 0.4) is 0 Å². The van der Waals surface area contributed by atoms with Gasteiger partial charge in [-0.2, -0.15) is 15.4 Å². The molecule has 4 N–H and O–H groups in total. The fourth-order valence-corrected chi connectivity index (χ4v) is 4.04. The Bertz CT molecular complexity index is 1510. The van der Waals surface area contributed by atoms with Gasteiger partial charge in [-0.1, -0.05) is 36.4 Å². The van der Waals surface area contributed by atoms with Crippen molar-refractivity contribution in [3.8, 4) is 5.75 Å². The third-order valence-electron chi connectivity index (χ3n) is 5.64. The summed E-state index contributed by atoms with van der Waals surface area (Å²) >= 11 is 0. The van der Waals surface area contributed by atoms with Crippen molar-refractivity contribution in [3.63, 3.8) is 0 Å². The Morgan fingerprint density at radius 2 is 1.65 bits per heavy atom. The Labute approximate surface area is 191 Å². The van der Waals surface area contributed by atoms with Gasteiger partial charge in [-0.3, -0.25) is 14.5 Å². The number of hydrogen-bond acceptors (Lipinski definition) is 7. The lowest BCUT2D eigenvalue weighted by molar-refractivity contribution is -0.132. The number of fused-ring (bicyclic) bond motifs is 1. The van der Waals surface area contributed by atoms with Crippen LogP contribution in [0.25, 0.3) is 16.8 Å². The van der Waals surface area contributed by atoms with Gasteiger partial charge in [0.1, 0.15) is 28.1 Å². The van der Waals surface area contributed by atoms with E-state index in [1.165, 1.54) is 6.07 Å². The SMILES string of the molecule is O=C1C(=O)N(c2ccc(O)c(C(=O)O)c2)C(c2ccc3n[nH]nc3c2)/C1=C(/O)c1ccccc1. The van der Waals surface area contributed by atoms with Crippen LogP contribution in [0.15, 0.2) is 72.3 Å². The standard InChI is InChI=1S/C24H16N4O6/c29-18-9-7-14(11-15(18)24(33)34)28-20(13-6-8-16-17(10-13)26-27-25-16)19(22(31)23(28)32)21(30)12-4-2-1-3-5-12/h1-11,20,29-30H,(H,33,34)(H,25,26,27)/b21-19-. The molecule has 5 rings (SSSR count). The summed E-state index contributed by atoms with van der Waals surface area (Å²) in [5, 5.41) is 41.0. The van der Waals surface area contributed by atoms with Gasteiger partial charge >= 0.3 is 5.97 Å². The molecule has 1 fully saturated rings. The van der Waals surface area contributed by atoms with Crippen LogP contribution in [0.2, 0.25) is 0 Å². The Morgan fingerprint density at radius 3 is 2.38 bits per heavy atom. The molecule has 0 bridgehead atoms. The minimum Gasteiger partial charge on any atom is -0.507 e. The minimum atomic E-state index is -1.40. The van der Waals surface area contributed by atoms with Crippen LogP contribution in [-0.4, -0.2) is 48.4 Å². The third kappa shape index (κ3) is 3.25. The molecule has 4 aromatic rings. The number of carbonyl (C=O) groups is 3. The average Bonchev–Trinajstić information content (AvgIpc) is 3.41. The lowest BCUT2D eigenvalue weighted by Gasteiger charge is -2.25. The molecule has 1 saturated heterocycles. The van der Waals surface area contributed by atoms with Gasteiger partial charge in [0.2, 0.25) is 0 Å². The fourth-order valence-electron chi connectivity index (χ4n) is 4.04. The highest BCUT2D eigenvalue weighted by atomic mass is 16.4. The molecule has 10 heteroatoms. The molecule has 0 saturated carbocycles. The number of aliphatic hydroxyl groups excluding tert-OH is 1. The molecule has 168 valence electrons. The summed E-state index contributed by atoms with van der Waals surface area (Å²) < 4.78 is 0. The van der Waals surface area contributed by atoms with Gasteiger partial charge in [-0.05, 0) is 35.9 Å². The molecule has 1 atom stereocenters. The summed E-state index contributed by atoms with van der Waals surface area (Å²) in [5.74, 6) is -4.15. The number of aromatic carboxylic acids is 1. The number of rotatable bonds is 4. The highest BCUT2D eigenvalue weighted by Gasteiger charge is 2.47. The number of carbonyl (C=O) groups excluding carboxylic acids is 2. The smallest absolute Gasteiger partial charge is 0.339 e. The van der Waals surface area contributed by atoms with Crippen molar-refractivity contribution >= 4 is 40.1 Å². The van der Waals surface area contributed by atoms with Crippen molar-refractivity contribution in [1.82, 2.24) is 15.4 Å². The number of Topliss-reactive ketones (excluding diaryl/α,β-unsaturated/α-hetero) is 1. The topological polar surface area (TPSA) is 157 Å². The van der Waals surface area contributed by atoms with Gasteiger partial charge in [-0.15, -0.1) is 0 Å². The van der Waals surface area contributed by atoms with Gasteiger partial charge in [-0.25, -0.2) is 4.79 Å². The molecule has 0 aliphatic carbocycles. The van der Waals surface area contributed by atoms with Crippen molar-refractivity contribution in [1.29, 1.82) is 0 Å². The summed E-state index contributed by atoms with van der Waals surface area (Å²) in [7, 11) is 0. The number of aromatic hydroxyl groups is 1. The van der Waals surface area contributed by atoms with Gasteiger partial charge < -0.3 is 15.3 Å². The van der Waals surface area contributed by atoms with E-state index in [2.05, 4.69) is 15.4 Å². The summed E-state index contributed by atoms with van der Waals surface area (Å²) in [6.45, 7) is 0. The van der Waals surface area contributed by atoms with E-state index in [1.54, 1.807) is 48.5 Å². The highest BCUT2D eigenvalue weighted by Crippen LogP contribution is 2.43. The molecule has 2 heterocycles. The van der Waals surface area contributed by atoms with E-state index in [4.69, 9.17) is 0 Å². The first-order valence-corrected chi connectivity index (χ1v) is 10.1. The molecule has 3 aromatic carbocycles. The number of benzene rings is 3. The number of carboxylic acid groups (broad SMARTS) is 1. The Hall–Kier alpha value is -4.99. The number of H-pyrrole nitrogens is 1. The lowest BCUT2D eigenvalue weighted by Crippen LogP contribution is -2.29. The first-order chi connectivity index (χ1) is 16.4. The van der Waals surface area contributed by atoms with E-state index in [0.717, 1.165) is 17.0 Å². The number of nitrogens with zero attached hydrogens (tertiary/aromatic N) is 3. The number of ketones is 1. The molecule has 0 radical (unpaired) electrons. The second-order valence-corrected chi connectivity index (χ2v) is 7.61. The van der Waals surface area contributed by atoms with Crippen LogP contribution in [0.4, 0.5) is 5.69 Å². The number of amides is 1. The molecule has 1 aromatic heterocycles. The Balaban J connectivity index is 1.76. The normalized spacial score (nSPS) is 17.4. The number of carboxylic acids is 1. The molecule has 0 spiro atoms. The van der Waals surface area contributed by atoms with Crippen LogP contribution in [0.1, 0.15) is 27.5 Å². The number of aromatic nitrogens is 3. The van der Waals surface area contributed by atoms with Gasteiger partial charge in [0.05, 0.1) is 11.6 Å². The van der Waals surface area contributed by atoms with Crippen LogP contribution in [0, 0.1) is 0 Å². The van der Waals surface area contributed by atoms with E-state index in [0.29, 0.717) is 22.2 Å². The number of nitrogens with one attached hydrogen (secondary N) is 1. The lowest BCUT2D eigenvalue weighted by atomic mass is 9.94. The molecule has 10 nitrogen and oxygen atoms in total. The maximum atomic E-state index is 13.2. The molecular weight excluding hydrogens is 440 g/mol. The van der Waals surface area contributed by atoms with Crippen molar-refractivity contribution in [2.24, 2.45) is 0 Å². The second kappa shape index (κ2) is 7.85. The Kier molecular flexibility index (Phi) is 4.82. The minimum absolute atomic E-state index is 0.0645. The third-order valence-corrected chi connectivity index (χ3v) is 5.64. The molecule has 34 heavy (non-hydrogen) atoms. The zero-order chi connectivity index (χ0) is 24.0. The van der Waals surface area contributed by atoms with Crippen molar-refractivity contribution in [2.75, 3.05) is 4.90 Å². The number of aliphatic hydroxyl groups is 1. The van der Waals surface area contributed by atoms with E-state index >= 15 is 0 Å². The van der Waals surface area contributed by atoms with Crippen molar-refractivity contribution in [2.45, 2.75) is 6.04 Å². The zero-order valence-corrected chi connectivity index (χ0v) is 17.3. The van der Waals surface area contributed by atoms with Crippen LogP contribution in [-0.2, 0) is 9.59 Å². The van der Waals surface area contributed by atoms with Crippen molar-refractivity contribution < 1.29 is 29.7 Å². The number of anilines is 1. The molecule has 1 unspecified atom stereocenters. The fraction of sp³-hybridized carbons (Fsp3) is 0.0417. The van der Waals surface area contributed by atoms with E-state index in [1.807, 2.05) is 0 Å². The van der Waals surface area contributed by atoms with Crippen LogP contribution < -0.4 is 4.90 Å². The highest BCUT2D eigenvalue weighted by molar-refractivity contribution is 6.51. The maximum absolute atomic E-state index is 13.2. The summed E-state index contributed by atoms with van der Waals surface area (Å²) in [6, 6.07) is 15.7. The maximum Gasteiger partial charge on any atom is 0.339 e. The second-order valence-electron chi connectivity index (χ2n) is 7.61. The van der Waals surface area contributed by atoms with Crippen molar-refractivity contribution in [3.05, 3.63) is 89.0 Å². The number of hydrogen-bond donors (Lipinski definition) is 4. The number of aromatic amines is 1. The molecule has 1 aliphatic heterocycles. The van der Waals surface area contributed by atoms with Gasteiger partial charge in [0, 0.05) is 11.3 Å². The van der Waals surface area contributed by atoms with E-state index in [-0.39, 0.29) is 17.0 Å². The van der Waals surface area contributed by atoms with E-state index < -0.39 is 35.0 Å². The predicted octanol–water partition coefficient (Wildman–Crippen LogP) is 2.99. The quantitative estimate of drug-likeness (QED) is 0.207. The first-order valence-electron chi connectivity index (χ1n) is 10.1. The molecular formula is C24H16N4O6. The summed E-state index contributed by atoms with van der Waals surface area (Å²) in [6.07, 6.45) is 0. The largest absolute Gasteiger partial charge is 0.507 e. The zero-order valence-electron chi connectivity index (χ0n) is 17.3. The Morgan fingerprint density at radius 1 is 0.912 bits per heavy atom. The van der Waals surface area contributed by atoms with Gasteiger partial charge in [0.15, 0.2) is 0 Å². The predicted molar refractivity (Wildman–Crippen MR) is 120 cm³/mol. The first kappa shape index (κ1) is 20.9. The van der Waals surface area contributed by atoms with E-state index in [9.17, 15) is 29.7 Å². The summed E-state index contributed by atoms with van der Waals surface area (Å²) in [4.78, 5) is 39.0. The summed E-state index contributed by atoms with van der Waals surface area (Å²) in [5.41, 5.74) is 1.28. The molecule has 1 amide bonds.